The van der Waals surface area contributed by atoms with Crippen LogP contribution in [0.2, 0.25) is 10.0 Å². The molecule has 14 heteroatoms. The number of aryl methyl sites for hydroxylation is 2. The van der Waals surface area contributed by atoms with Gasteiger partial charge in [-0.15, -0.1) is 0 Å². The molecule has 9 nitrogen and oxygen atoms in total. The Bertz CT molecular complexity index is 2010. The highest BCUT2D eigenvalue weighted by molar-refractivity contribution is 6.33. The van der Waals surface area contributed by atoms with Crippen molar-refractivity contribution in [1.82, 2.24) is 14.9 Å². The summed E-state index contributed by atoms with van der Waals surface area (Å²) in [7, 11) is 0. The zero-order valence-electron chi connectivity index (χ0n) is 27.7. The first-order valence-electron chi connectivity index (χ1n) is 16.6. The van der Waals surface area contributed by atoms with Gasteiger partial charge in [-0.25, -0.2) is 4.98 Å². The van der Waals surface area contributed by atoms with Crippen LogP contribution in [0.25, 0.3) is 0 Å². The minimum atomic E-state index is -4.73. The van der Waals surface area contributed by atoms with E-state index >= 15 is 4.79 Å². The number of pyridine rings is 1. The van der Waals surface area contributed by atoms with Gasteiger partial charge >= 0.3 is 6.18 Å². The molecule has 1 saturated carbocycles. The fourth-order valence-corrected chi connectivity index (χ4v) is 9.16. The van der Waals surface area contributed by atoms with Crippen LogP contribution in [-0.2, 0) is 30.8 Å². The molecule has 2 aromatic carbocycles. The SMILES string of the molecule is CCCN1C(=O)[C@H]2[C@H](CC=C3[C@H]2C[C@H]2C(=O)N(Nc4ncc(C(F)(F)F)cc4Cl)C(=O)[C@@]2(c2ccc(Cl)cc2)[C@H]3c2cc(C)c(O)c(C)c2)C1=O. The van der Waals surface area contributed by atoms with Crippen molar-refractivity contribution in [2.24, 2.45) is 23.7 Å². The van der Waals surface area contributed by atoms with E-state index in [9.17, 15) is 32.7 Å². The second kappa shape index (κ2) is 12.4. The predicted octanol–water partition coefficient (Wildman–Crippen LogP) is 7.12. The summed E-state index contributed by atoms with van der Waals surface area (Å²) in [6, 6.07) is 10.7. The first kappa shape index (κ1) is 35.0. The largest absolute Gasteiger partial charge is 0.507 e. The Balaban J connectivity index is 1.45. The number of likely N-dealkylation sites (tertiary alicyclic amines) is 1. The number of phenols is 1. The van der Waals surface area contributed by atoms with Gasteiger partial charge in [-0.05, 0) is 79.5 Å². The lowest BCUT2D eigenvalue weighted by Gasteiger charge is -2.50. The van der Waals surface area contributed by atoms with E-state index in [1.165, 1.54) is 4.90 Å². The van der Waals surface area contributed by atoms with Gasteiger partial charge in [0.15, 0.2) is 5.82 Å². The Hall–Kier alpha value is -4.42. The van der Waals surface area contributed by atoms with Crippen molar-refractivity contribution in [3.63, 3.8) is 0 Å². The number of amides is 4. The number of imide groups is 2. The number of nitrogens with zero attached hydrogens (tertiary/aromatic N) is 3. The summed E-state index contributed by atoms with van der Waals surface area (Å²) in [5.41, 5.74) is 2.68. The third-order valence-electron chi connectivity index (χ3n) is 10.9. The minimum absolute atomic E-state index is 0.0259. The van der Waals surface area contributed by atoms with Gasteiger partial charge in [-0.3, -0.25) is 29.5 Å². The highest BCUT2D eigenvalue weighted by Crippen LogP contribution is 2.64. The first-order chi connectivity index (χ1) is 24.1. The van der Waals surface area contributed by atoms with Gasteiger partial charge in [0.2, 0.25) is 11.8 Å². The highest BCUT2D eigenvalue weighted by Gasteiger charge is 2.70. The molecule has 1 aromatic heterocycles. The van der Waals surface area contributed by atoms with Crippen LogP contribution in [0.1, 0.15) is 59.9 Å². The molecule has 51 heavy (non-hydrogen) atoms. The molecule has 4 aliphatic rings. The molecule has 3 fully saturated rings. The predicted molar refractivity (Wildman–Crippen MR) is 181 cm³/mol. The van der Waals surface area contributed by atoms with E-state index < -0.39 is 63.6 Å². The van der Waals surface area contributed by atoms with Crippen molar-refractivity contribution in [2.45, 2.75) is 57.5 Å². The number of aromatic hydroxyl groups is 1. The maximum Gasteiger partial charge on any atom is 0.417 e. The van der Waals surface area contributed by atoms with Crippen LogP contribution in [0.5, 0.6) is 5.75 Å². The molecular weight excluding hydrogens is 708 g/mol. The third kappa shape index (κ3) is 5.24. The maximum absolute atomic E-state index is 15.2. The second-order valence-electron chi connectivity index (χ2n) is 13.8. The number of rotatable bonds is 6. The normalized spacial score (nSPS) is 27.4. The molecule has 0 radical (unpaired) electrons. The number of nitrogens with one attached hydrogen (secondary N) is 1. The van der Waals surface area contributed by atoms with Crippen LogP contribution in [0.15, 0.2) is 60.3 Å². The topological polar surface area (TPSA) is 120 Å². The van der Waals surface area contributed by atoms with Crippen molar-refractivity contribution >= 4 is 52.6 Å². The number of benzene rings is 2. The fourth-order valence-electron chi connectivity index (χ4n) is 8.82. The van der Waals surface area contributed by atoms with Crippen molar-refractivity contribution in [1.29, 1.82) is 0 Å². The van der Waals surface area contributed by atoms with E-state index in [-0.39, 0.29) is 42.8 Å². The van der Waals surface area contributed by atoms with Crippen LogP contribution in [-0.4, -0.2) is 50.2 Å². The number of hydrogen-bond acceptors (Lipinski definition) is 7. The van der Waals surface area contributed by atoms with Crippen molar-refractivity contribution in [3.05, 3.63) is 98.2 Å². The van der Waals surface area contributed by atoms with E-state index in [2.05, 4.69) is 10.4 Å². The molecular formula is C37H33Cl2F3N4O5. The lowest BCUT2D eigenvalue weighted by Crippen LogP contribution is -2.53. The summed E-state index contributed by atoms with van der Waals surface area (Å²) < 4.78 is 40.3. The zero-order chi connectivity index (χ0) is 36.7. The van der Waals surface area contributed by atoms with E-state index in [1.807, 2.05) is 13.0 Å². The summed E-state index contributed by atoms with van der Waals surface area (Å²) in [4.78, 5) is 62.6. The van der Waals surface area contributed by atoms with Crippen molar-refractivity contribution < 1.29 is 37.5 Å². The summed E-state index contributed by atoms with van der Waals surface area (Å²) in [5, 5.41) is 11.5. The van der Waals surface area contributed by atoms with Gasteiger partial charge in [0.1, 0.15) is 5.75 Å². The molecule has 0 bridgehead atoms. The number of fused-ring (bicyclic) bond motifs is 4. The average Bonchev–Trinajstić information content (AvgIpc) is 3.45. The second-order valence-corrected chi connectivity index (χ2v) is 14.6. The Kier molecular flexibility index (Phi) is 8.49. The number of anilines is 1. The lowest BCUT2D eigenvalue weighted by atomic mass is 9.49. The molecule has 2 N–H and O–H groups in total. The van der Waals surface area contributed by atoms with Crippen molar-refractivity contribution in [3.8, 4) is 5.75 Å². The van der Waals surface area contributed by atoms with E-state index in [0.717, 1.165) is 10.6 Å². The van der Waals surface area contributed by atoms with Crippen molar-refractivity contribution in [2.75, 3.05) is 12.0 Å². The standard InChI is InChI=1S/C37H33Cl2F3N4O5/c1-4-11-45-32(48)24-10-9-23-25(28(24)34(45)50)15-26-33(49)46(44-31-27(39)14-21(16-43-31)37(40,41)42)35(51)36(26,20-5-7-22(38)8-6-20)29(23)19-12-17(2)30(47)18(3)13-19/h5-9,12-14,16,24-26,28-29,47H,4,10-11,15H2,1-3H3,(H,43,44)/t24-,25+,26-,28-,29-,36+/m0/s1. The number of allylic oxidation sites excluding steroid dienone is 2. The summed E-state index contributed by atoms with van der Waals surface area (Å²) in [6.45, 7) is 5.58. The van der Waals surface area contributed by atoms with E-state index in [4.69, 9.17) is 23.2 Å². The average molecular weight is 742 g/mol. The zero-order valence-corrected chi connectivity index (χ0v) is 29.2. The number of carbonyl (C=O) groups is 4. The minimum Gasteiger partial charge on any atom is -0.507 e. The molecule has 266 valence electrons. The van der Waals surface area contributed by atoms with Crippen LogP contribution in [0.3, 0.4) is 0 Å². The highest BCUT2D eigenvalue weighted by atomic mass is 35.5. The molecule has 3 heterocycles. The molecule has 0 spiro atoms. The summed E-state index contributed by atoms with van der Waals surface area (Å²) >= 11 is 12.6. The molecule has 6 atom stereocenters. The Morgan fingerprint density at radius 1 is 0.980 bits per heavy atom. The maximum atomic E-state index is 15.2. The van der Waals surface area contributed by atoms with Gasteiger partial charge in [0.05, 0.1) is 33.8 Å². The van der Waals surface area contributed by atoms with Gasteiger partial charge < -0.3 is 5.11 Å². The van der Waals surface area contributed by atoms with Gasteiger partial charge in [-0.1, -0.05) is 66.0 Å². The first-order valence-corrected chi connectivity index (χ1v) is 17.4. The Morgan fingerprint density at radius 2 is 1.65 bits per heavy atom. The van der Waals surface area contributed by atoms with E-state index in [1.54, 1.807) is 50.2 Å². The smallest absolute Gasteiger partial charge is 0.417 e. The van der Waals surface area contributed by atoms with Gasteiger partial charge in [-0.2, -0.15) is 18.2 Å². The van der Waals surface area contributed by atoms with Crippen LogP contribution in [0.4, 0.5) is 19.0 Å². The van der Waals surface area contributed by atoms with E-state index in [0.29, 0.717) is 46.0 Å². The monoisotopic (exact) mass is 740 g/mol. The number of carbonyl (C=O) groups excluding carboxylic acids is 4. The third-order valence-corrected chi connectivity index (χ3v) is 11.5. The number of halogens is 5. The number of hydrogen-bond donors (Lipinski definition) is 2. The number of alkyl halides is 3. The quantitative estimate of drug-likeness (QED) is 0.204. The number of aromatic nitrogens is 1. The van der Waals surface area contributed by atoms with Crippen LogP contribution in [0, 0.1) is 37.5 Å². The van der Waals surface area contributed by atoms with Gasteiger partial charge in [0.25, 0.3) is 11.8 Å². The molecule has 4 amide bonds. The lowest BCUT2D eigenvalue weighted by molar-refractivity contribution is -0.141. The molecule has 0 unspecified atom stereocenters. The molecule has 2 saturated heterocycles. The van der Waals surface area contributed by atoms with Gasteiger partial charge in [0, 0.05) is 23.7 Å². The number of hydrazine groups is 1. The molecule has 7 rings (SSSR count). The summed E-state index contributed by atoms with van der Waals surface area (Å²) in [5.74, 6) is -6.24. The summed E-state index contributed by atoms with van der Waals surface area (Å²) in [6.07, 6.45) is -1.40. The molecule has 3 aromatic rings. The Morgan fingerprint density at radius 3 is 2.25 bits per heavy atom. The number of phenolic OH excluding ortho intramolecular Hbond substituents is 1. The van der Waals surface area contributed by atoms with Crippen LogP contribution < -0.4 is 5.43 Å². The van der Waals surface area contributed by atoms with Crippen LogP contribution >= 0.6 is 23.2 Å². The Labute approximate surface area is 301 Å². The molecule has 2 aliphatic heterocycles. The molecule has 2 aliphatic carbocycles. The fraction of sp³-hybridized carbons (Fsp3) is 0.378.